The van der Waals surface area contributed by atoms with Crippen LogP contribution in [0, 0.1) is 11.8 Å². The summed E-state index contributed by atoms with van der Waals surface area (Å²) in [6.45, 7) is 1.08. The number of carbonyl (C=O) groups is 1. The average Bonchev–Trinajstić information content (AvgIpc) is 2.78. The van der Waals surface area contributed by atoms with Crippen molar-refractivity contribution in [2.24, 2.45) is 11.8 Å². The highest BCUT2D eigenvalue weighted by atomic mass is 19.4. The zero-order chi connectivity index (χ0) is 17.2. The molecular formula is C16H23F3N4O. The SMILES string of the molecule is O=C(NCc1nnc2n1CCCCC2)[C@H]1CCC[C@H](C(F)(F)F)C1. The Labute approximate surface area is 139 Å². The van der Waals surface area contributed by atoms with Crippen molar-refractivity contribution in [1.29, 1.82) is 0 Å². The van der Waals surface area contributed by atoms with Crippen molar-refractivity contribution < 1.29 is 18.0 Å². The minimum atomic E-state index is -4.21. The molecule has 5 nitrogen and oxygen atoms in total. The van der Waals surface area contributed by atoms with Crippen molar-refractivity contribution in [2.45, 2.75) is 70.6 Å². The molecule has 0 unspecified atom stereocenters. The maximum Gasteiger partial charge on any atom is 0.391 e. The Morgan fingerprint density at radius 1 is 1.17 bits per heavy atom. The van der Waals surface area contributed by atoms with Crippen LogP contribution in [-0.4, -0.2) is 26.8 Å². The standard InChI is InChI=1S/C16H23F3N4O/c17-16(18,19)12-6-4-5-11(9-12)15(24)20-10-14-22-21-13-7-2-1-3-8-23(13)14/h11-12H,1-10H2,(H,20,24)/t11-,12-/m0/s1. The molecule has 2 atom stereocenters. The topological polar surface area (TPSA) is 59.8 Å². The van der Waals surface area contributed by atoms with Gasteiger partial charge in [0.05, 0.1) is 12.5 Å². The van der Waals surface area contributed by atoms with Gasteiger partial charge in [-0.1, -0.05) is 12.8 Å². The molecule has 3 rings (SSSR count). The quantitative estimate of drug-likeness (QED) is 0.917. The molecule has 0 bridgehead atoms. The predicted octanol–water partition coefficient (Wildman–Crippen LogP) is 2.99. The van der Waals surface area contributed by atoms with E-state index >= 15 is 0 Å². The third kappa shape index (κ3) is 3.89. The second-order valence-electron chi connectivity index (χ2n) is 6.81. The molecule has 1 aromatic rings. The van der Waals surface area contributed by atoms with E-state index in [0.717, 1.165) is 38.1 Å². The molecule has 1 aliphatic heterocycles. The Hall–Kier alpha value is -1.60. The van der Waals surface area contributed by atoms with Crippen LogP contribution < -0.4 is 5.32 Å². The monoisotopic (exact) mass is 344 g/mol. The minimum Gasteiger partial charge on any atom is -0.349 e. The number of carbonyl (C=O) groups excluding carboxylic acids is 1. The molecule has 0 radical (unpaired) electrons. The molecule has 0 aromatic carbocycles. The molecule has 2 aliphatic rings. The van der Waals surface area contributed by atoms with Gasteiger partial charge < -0.3 is 9.88 Å². The molecule has 1 aromatic heterocycles. The Morgan fingerprint density at radius 2 is 2.00 bits per heavy atom. The van der Waals surface area contributed by atoms with Gasteiger partial charge in [0.25, 0.3) is 0 Å². The number of nitrogens with one attached hydrogen (secondary N) is 1. The number of aromatic nitrogens is 3. The molecule has 2 heterocycles. The van der Waals surface area contributed by atoms with Crippen LogP contribution in [0.3, 0.4) is 0 Å². The number of nitrogens with zero attached hydrogens (tertiary/aromatic N) is 3. The number of rotatable bonds is 3. The van der Waals surface area contributed by atoms with Crippen LogP contribution in [0.1, 0.15) is 56.6 Å². The number of fused-ring (bicyclic) bond motifs is 1. The van der Waals surface area contributed by atoms with Crippen molar-refractivity contribution in [3.8, 4) is 0 Å². The van der Waals surface area contributed by atoms with E-state index in [-0.39, 0.29) is 25.3 Å². The van der Waals surface area contributed by atoms with Crippen molar-refractivity contribution in [1.82, 2.24) is 20.1 Å². The van der Waals surface area contributed by atoms with Gasteiger partial charge in [-0.15, -0.1) is 10.2 Å². The number of alkyl halides is 3. The van der Waals surface area contributed by atoms with Crippen LogP contribution >= 0.6 is 0 Å². The lowest BCUT2D eigenvalue weighted by molar-refractivity contribution is -0.186. The summed E-state index contributed by atoms with van der Waals surface area (Å²) in [5, 5.41) is 11.1. The van der Waals surface area contributed by atoms with Crippen LogP contribution in [-0.2, 0) is 24.3 Å². The Bertz CT molecular complexity index is 584. The normalized spacial score (nSPS) is 25.0. The number of aryl methyl sites for hydroxylation is 1. The van der Waals surface area contributed by atoms with Crippen LogP contribution in [0.2, 0.25) is 0 Å². The molecular weight excluding hydrogens is 321 g/mol. The first-order valence-corrected chi connectivity index (χ1v) is 8.70. The van der Waals surface area contributed by atoms with E-state index in [0.29, 0.717) is 18.7 Å². The van der Waals surface area contributed by atoms with Crippen LogP contribution in [0.25, 0.3) is 0 Å². The molecule has 134 valence electrons. The second kappa shape index (κ2) is 7.11. The van der Waals surface area contributed by atoms with Gasteiger partial charge in [0.1, 0.15) is 5.82 Å². The maximum atomic E-state index is 12.9. The van der Waals surface area contributed by atoms with Crippen molar-refractivity contribution in [3.05, 3.63) is 11.6 Å². The van der Waals surface area contributed by atoms with E-state index in [2.05, 4.69) is 15.5 Å². The van der Waals surface area contributed by atoms with Gasteiger partial charge in [-0.3, -0.25) is 4.79 Å². The molecule has 1 fully saturated rings. The first-order valence-electron chi connectivity index (χ1n) is 8.70. The van der Waals surface area contributed by atoms with Gasteiger partial charge in [0, 0.05) is 18.9 Å². The highest BCUT2D eigenvalue weighted by molar-refractivity contribution is 5.78. The summed E-state index contributed by atoms with van der Waals surface area (Å²) in [6.07, 6.45) is 0.973. The van der Waals surface area contributed by atoms with Gasteiger partial charge in [0.2, 0.25) is 5.91 Å². The second-order valence-corrected chi connectivity index (χ2v) is 6.81. The van der Waals surface area contributed by atoms with Crippen molar-refractivity contribution in [2.75, 3.05) is 0 Å². The average molecular weight is 344 g/mol. The lowest BCUT2D eigenvalue weighted by Crippen LogP contribution is -2.37. The van der Waals surface area contributed by atoms with Gasteiger partial charge >= 0.3 is 6.18 Å². The number of amides is 1. The van der Waals surface area contributed by atoms with Crippen LogP contribution in [0.4, 0.5) is 13.2 Å². The fourth-order valence-corrected chi connectivity index (χ4v) is 3.71. The predicted molar refractivity (Wildman–Crippen MR) is 80.9 cm³/mol. The lowest BCUT2D eigenvalue weighted by atomic mass is 9.80. The van der Waals surface area contributed by atoms with Gasteiger partial charge in [-0.25, -0.2) is 0 Å². The number of hydrogen-bond acceptors (Lipinski definition) is 3. The van der Waals surface area contributed by atoms with E-state index < -0.39 is 18.0 Å². The summed E-state index contributed by atoms with van der Waals surface area (Å²) in [6, 6.07) is 0. The highest BCUT2D eigenvalue weighted by Gasteiger charge is 2.43. The highest BCUT2D eigenvalue weighted by Crippen LogP contribution is 2.39. The van der Waals surface area contributed by atoms with E-state index in [9.17, 15) is 18.0 Å². The summed E-state index contributed by atoms with van der Waals surface area (Å²) in [5.41, 5.74) is 0. The van der Waals surface area contributed by atoms with E-state index in [1.54, 1.807) is 0 Å². The molecule has 1 amide bonds. The first kappa shape index (κ1) is 17.2. The summed E-state index contributed by atoms with van der Waals surface area (Å²) in [5.74, 6) is -0.576. The molecule has 0 saturated heterocycles. The molecule has 0 spiro atoms. The fraction of sp³-hybridized carbons (Fsp3) is 0.812. The molecule has 1 saturated carbocycles. The Balaban J connectivity index is 1.57. The zero-order valence-electron chi connectivity index (χ0n) is 13.6. The van der Waals surface area contributed by atoms with Crippen LogP contribution in [0.5, 0.6) is 0 Å². The third-order valence-electron chi connectivity index (χ3n) is 5.11. The Kier molecular flexibility index (Phi) is 5.10. The summed E-state index contributed by atoms with van der Waals surface area (Å²) in [7, 11) is 0. The maximum absolute atomic E-state index is 12.9. The first-order chi connectivity index (χ1) is 11.4. The number of halogens is 3. The fourth-order valence-electron chi connectivity index (χ4n) is 3.71. The van der Waals surface area contributed by atoms with E-state index in [1.165, 1.54) is 0 Å². The Morgan fingerprint density at radius 3 is 2.79 bits per heavy atom. The van der Waals surface area contributed by atoms with Gasteiger partial charge in [-0.05, 0) is 32.1 Å². The van der Waals surface area contributed by atoms with E-state index in [4.69, 9.17) is 0 Å². The van der Waals surface area contributed by atoms with Gasteiger partial charge in [-0.2, -0.15) is 13.2 Å². The third-order valence-corrected chi connectivity index (χ3v) is 5.11. The number of hydrogen-bond donors (Lipinski definition) is 1. The van der Waals surface area contributed by atoms with Gasteiger partial charge in [0.15, 0.2) is 5.82 Å². The largest absolute Gasteiger partial charge is 0.391 e. The molecule has 1 aliphatic carbocycles. The van der Waals surface area contributed by atoms with E-state index in [1.807, 2.05) is 4.57 Å². The summed E-state index contributed by atoms with van der Waals surface area (Å²) >= 11 is 0. The molecule has 8 heteroatoms. The smallest absolute Gasteiger partial charge is 0.349 e. The zero-order valence-corrected chi connectivity index (χ0v) is 13.6. The summed E-state index contributed by atoms with van der Waals surface area (Å²) < 4.78 is 40.6. The van der Waals surface area contributed by atoms with Crippen molar-refractivity contribution >= 4 is 5.91 Å². The molecule has 24 heavy (non-hydrogen) atoms. The minimum absolute atomic E-state index is 0.104. The lowest BCUT2D eigenvalue weighted by Gasteiger charge is -2.29. The molecule has 1 N–H and O–H groups in total. The van der Waals surface area contributed by atoms with Crippen LogP contribution in [0.15, 0.2) is 0 Å². The summed E-state index contributed by atoms with van der Waals surface area (Å²) in [4.78, 5) is 12.3. The van der Waals surface area contributed by atoms with Crippen molar-refractivity contribution in [3.63, 3.8) is 0 Å².